The summed E-state index contributed by atoms with van der Waals surface area (Å²) >= 11 is 3.29. The molecule has 0 heterocycles. The summed E-state index contributed by atoms with van der Waals surface area (Å²) in [6, 6.07) is 0. The summed E-state index contributed by atoms with van der Waals surface area (Å²) in [7, 11) is 0. The fourth-order valence-corrected chi connectivity index (χ4v) is 0.464. The van der Waals surface area contributed by atoms with Crippen molar-refractivity contribution in [3.8, 4) is 0 Å². The van der Waals surface area contributed by atoms with Gasteiger partial charge in [0.1, 0.15) is 0 Å². The van der Waals surface area contributed by atoms with E-state index in [-0.39, 0.29) is 0 Å². The molecule has 0 radical (unpaired) electrons. The van der Waals surface area contributed by atoms with E-state index in [1.807, 2.05) is 6.92 Å². The van der Waals surface area contributed by atoms with Gasteiger partial charge in [0.2, 0.25) is 0 Å². The minimum atomic E-state index is 0.299. The Labute approximate surface area is 58.9 Å². The third-order valence-electron chi connectivity index (χ3n) is 0.716. The predicted molar refractivity (Wildman–Crippen MR) is 39.4 cm³/mol. The Bertz CT molecular complexity index is 63.5. The van der Waals surface area contributed by atoms with Crippen LogP contribution in [0.4, 0.5) is 0 Å². The van der Waals surface area contributed by atoms with Gasteiger partial charge in [-0.1, -0.05) is 22.0 Å². The Kier molecular flexibility index (Phi) is 5.44. The molecule has 0 aliphatic heterocycles. The number of rotatable bonds is 4. The zero-order valence-electron chi connectivity index (χ0n) is 5.06. The maximum absolute atomic E-state index is 5.18. The van der Waals surface area contributed by atoms with Gasteiger partial charge in [0.05, 0.1) is 12.7 Å². The first-order valence-corrected chi connectivity index (χ1v) is 3.72. The van der Waals surface area contributed by atoms with Crippen molar-refractivity contribution < 1.29 is 4.74 Å². The average Bonchev–Trinajstić information content (AvgIpc) is 1.83. The fourth-order valence-electron chi connectivity index (χ4n) is 0.277. The highest BCUT2D eigenvalue weighted by molar-refractivity contribution is 9.09. The quantitative estimate of drug-likeness (QED) is 0.473. The van der Waals surface area contributed by atoms with Crippen LogP contribution >= 0.6 is 15.9 Å². The molecule has 0 rings (SSSR count). The number of ether oxygens (including phenoxy) is 1. The Morgan fingerprint density at radius 2 is 2.50 bits per heavy atom. The molecule has 0 amide bonds. The van der Waals surface area contributed by atoms with Crippen molar-refractivity contribution in [2.45, 2.75) is 13.0 Å². The highest BCUT2D eigenvalue weighted by Gasteiger charge is 1.94. The zero-order chi connectivity index (χ0) is 6.41. The number of hydrogen-bond donors (Lipinski definition) is 0. The van der Waals surface area contributed by atoms with Gasteiger partial charge >= 0.3 is 0 Å². The molecule has 0 aromatic heterocycles. The Balaban J connectivity index is 2.97. The zero-order valence-corrected chi connectivity index (χ0v) is 6.65. The summed E-state index contributed by atoms with van der Waals surface area (Å²) in [6.45, 7) is 6.18. The van der Waals surface area contributed by atoms with Gasteiger partial charge in [0, 0.05) is 5.33 Å². The van der Waals surface area contributed by atoms with Crippen LogP contribution in [0.15, 0.2) is 12.7 Å². The fraction of sp³-hybridized carbons (Fsp3) is 0.667. The minimum Gasteiger partial charge on any atom is -0.374 e. The van der Waals surface area contributed by atoms with E-state index in [2.05, 4.69) is 22.5 Å². The van der Waals surface area contributed by atoms with Crippen LogP contribution in [0.3, 0.4) is 0 Å². The van der Waals surface area contributed by atoms with Gasteiger partial charge in [-0.15, -0.1) is 6.58 Å². The van der Waals surface area contributed by atoms with Crippen molar-refractivity contribution in [1.29, 1.82) is 0 Å². The van der Waals surface area contributed by atoms with Crippen molar-refractivity contribution in [1.82, 2.24) is 0 Å². The maximum atomic E-state index is 5.18. The van der Waals surface area contributed by atoms with Crippen molar-refractivity contribution in [3.63, 3.8) is 0 Å². The van der Waals surface area contributed by atoms with Crippen molar-refractivity contribution in [3.05, 3.63) is 12.7 Å². The lowest BCUT2D eigenvalue weighted by Crippen LogP contribution is -2.08. The monoisotopic (exact) mass is 178 g/mol. The first-order valence-electron chi connectivity index (χ1n) is 2.59. The van der Waals surface area contributed by atoms with Crippen molar-refractivity contribution in [2.75, 3.05) is 11.9 Å². The van der Waals surface area contributed by atoms with Gasteiger partial charge in [-0.25, -0.2) is 0 Å². The molecule has 0 aliphatic rings. The summed E-state index contributed by atoms with van der Waals surface area (Å²) < 4.78 is 5.18. The molecule has 48 valence electrons. The second kappa shape index (κ2) is 5.32. The summed E-state index contributed by atoms with van der Waals surface area (Å²) in [4.78, 5) is 0. The van der Waals surface area contributed by atoms with Gasteiger partial charge in [-0.2, -0.15) is 0 Å². The van der Waals surface area contributed by atoms with Crippen LogP contribution in [0, 0.1) is 0 Å². The van der Waals surface area contributed by atoms with Crippen molar-refractivity contribution >= 4 is 15.9 Å². The number of halogens is 1. The van der Waals surface area contributed by atoms with E-state index in [0.29, 0.717) is 12.7 Å². The Morgan fingerprint density at radius 3 is 2.88 bits per heavy atom. The van der Waals surface area contributed by atoms with Gasteiger partial charge in [0.15, 0.2) is 0 Å². The van der Waals surface area contributed by atoms with Crippen LogP contribution < -0.4 is 0 Å². The lowest BCUT2D eigenvalue weighted by Gasteiger charge is -2.05. The molecule has 0 spiro atoms. The SMILES string of the molecule is C=CCO[C@@H](C)CBr. The van der Waals surface area contributed by atoms with Crippen LogP contribution in [-0.4, -0.2) is 18.0 Å². The average molecular weight is 179 g/mol. The number of alkyl halides is 1. The molecular formula is C6H11BrO. The largest absolute Gasteiger partial charge is 0.374 e. The summed E-state index contributed by atoms with van der Waals surface area (Å²) in [6.07, 6.45) is 2.05. The van der Waals surface area contributed by atoms with Crippen LogP contribution in [0.5, 0.6) is 0 Å². The highest BCUT2D eigenvalue weighted by Crippen LogP contribution is 1.94. The summed E-state index contributed by atoms with van der Waals surface area (Å²) in [5.74, 6) is 0. The predicted octanol–water partition coefficient (Wildman–Crippen LogP) is 1.97. The van der Waals surface area contributed by atoms with E-state index in [1.165, 1.54) is 0 Å². The minimum absolute atomic E-state index is 0.299. The van der Waals surface area contributed by atoms with Gasteiger partial charge in [-0.05, 0) is 6.92 Å². The molecular weight excluding hydrogens is 168 g/mol. The van der Waals surface area contributed by atoms with Gasteiger partial charge in [-0.3, -0.25) is 0 Å². The lowest BCUT2D eigenvalue weighted by atomic mass is 10.5. The second-order valence-corrected chi connectivity index (χ2v) is 2.23. The van der Waals surface area contributed by atoms with Crippen LogP contribution in [-0.2, 0) is 4.74 Å². The van der Waals surface area contributed by atoms with Gasteiger partial charge < -0.3 is 4.74 Å². The normalized spacial score (nSPS) is 13.2. The van der Waals surface area contributed by atoms with Gasteiger partial charge in [0.25, 0.3) is 0 Å². The van der Waals surface area contributed by atoms with E-state index in [0.717, 1.165) is 5.33 Å². The first-order chi connectivity index (χ1) is 3.81. The topological polar surface area (TPSA) is 9.23 Å². The highest BCUT2D eigenvalue weighted by atomic mass is 79.9. The molecule has 0 saturated carbocycles. The molecule has 8 heavy (non-hydrogen) atoms. The van der Waals surface area contributed by atoms with Crippen LogP contribution in [0.1, 0.15) is 6.92 Å². The molecule has 1 nitrogen and oxygen atoms in total. The Hall–Kier alpha value is 0.180. The Morgan fingerprint density at radius 1 is 1.88 bits per heavy atom. The molecule has 0 aromatic rings. The van der Waals surface area contributed by atoms with Crippen molar-refractivity contribution in [2.24, 2.45) is 0 Å². The smallest absolute Gasteiger partial charge is 0.0648 e. The third kappa shape index (κ3) is 4.34. The summed E-state index contributed by atoms with van der Waals surface area (Å²) in [5, 5.41) is 0.890. The van der Waals surface area contributed by atoms with E-state index in [1.54, 1.807) is 6.08 Å². The third-order valence-corrected chi connectivity index (χ3v) is 1.63. The standard InChI is InChI=1S/C6H11BrO/c1-3-4-8-6(2)5-7/h3,6H,1,4-5H2,2H3/t6-/m0/s1. The molecule has 2 heteroatoms. The van der Waals surface area contributed by atoms with E-state index in [4.69, 9.17) is 4.74 Å². The lowest BCUT2D eigenvalue weighted by molar-refractivity contribution is 0.107. The van der Waals surface area contributed by atoms with E-state index >= 15 is 0 Å². The molecule has 0 fully saturated rings. The molecule has 0 aromatic carbocycles. The molecule has 0 unspecified atom stereocenters. The van der Waals surface area contributed by atoms with Crippen LogP contribution in [0.25, 0.3) is 0 Å². The maximum Gasteiger partial charge on any atom is 0.0648 e. The first kappa shape index (κ1) is 8.18. The van der Waals surface area contributed by atoms with E-state index in [9.17, 15) is 0 Å². The molecule has 0 aliphatic carbocycles. The molecule has 0 N–H and O–H groups in total. The molecule has 1 atom stereocenters. The summed E-state index contributed by atoms with van der Waals surface area (Å²) in [5.41, 5.74) is 0. The van der Waals surface area contributed by atoms with E-state index < -0.39 is 0 Å². The number of hydrogen-bond acceptors (Lipinski definition) is 1. The molecule has 0 bridgehead atoms. The van der Waals surface area contributed by atoms with Crippen LogP contribution in [0.2, 0.25) is 0 Å². The second-order valence-electron chi connectivity index (χ2n) is 1.59. The molecule has 0 saturated heterocycles.